The minimum Gasteiger partial charge on any atom is -0.377 e. The van der Waals surface area contributed by atoms with Crippen molar-refractivity contribution in [3.05, 3.63) is 78.1 Å². The summed E-state index contributed by atoms with van der Waals surface area (Å²) in [7, 11) is 2.52. The molecular formula is C26H30N2O3SSi. The number of rotatable bonds is 11. The number of nitrogens with zero attached hydrogens (tertiary/aromatic N) is 2. The van der Waals surface area contributed by atoms with E-state index < -0.39 is 8.80 Å². The van der Waals surface area contributed by atoms with Crippen LogP contribution in [0.5, 0.6) is 0 Å². The Morgan fingerprint density at radius 1 is 0.788 bits per heavy atom. The molecule has 0 amide bonds. The van der Waals surface area contributed by atoms with Crippen molar-refractivity contribution >= 4 is 42.4 Å². The zero-order valence-corrected chi connectivity index (χ0v) is 21.2. The molecule has 0 saturated carbocycles. The molecule has 0 atom stereocenters. The summed E-state index contributed by atoms with van der Waals surface area (Å²) in [6, 6.07) is 20.2. The zero-order chi connectivity index (χ0) is 23.1. The molecule has 172 valence electrons. The van der Waals surface area contributed by atoms with Crippen LogP contribution in [-0.4, -0.2) is 45.9 Å². The average Bonchev–Trinajstić information content (AvgIpc) is 2.88. The normalized spacial score (nSPS) is 12.0. The minimum atomic E-state index is -2.48. The summed E-state index contributed by atoms with van der Waals surface area (Å²) in [4.78, 5) is 10.4. The minimum absolute atomic E-state index is 0.818. The van der Waals surface area contributed by atoms with Gasteiger partial charge in [0.25, 0.3) is 0 Å². The highest BCUT2D eigenvalue weighted by Crippen LogP contribution is 2.32. The summed E-state index contributed by atoms with van der Waals surface area (Å²) >= 11 is 1.88. The van der Waals surface area contributed by atoms with Gasteiger partial charge in [0.15, 0.2) is 0 Å². The predicted octanol–water partition coefficient (Wildman–Crippen LogP) is 5.93. The second-order valence-corrected chi connectivity index (χ2v) is 12.1. The third kappa shape index (κ3) is 5.62. The zero-order valence-electron chi connectivity index (χ0n) is 19.4. The molecule has 4 rings (SSSR count). The molecule has 0 aliphatic carbocycles. The molecule has 0 aliphatic heterocycles. The monoisotopic (exact) mass is 478 g/mol. The molecule has 2 heterocycles. The number of hydrogen-bond donors (Lipinski definition) is 0. The Labute approximate surface area is 200 Å². The second kappa shape index (κ2) is 11.2. The van der Waals surface area contributed by atoms with Gasteiger partial charge >= 0.3 is 8.80 Å². The van der Waals surface area contributed by atoms with Crippen molar-refractivity contribution in [3.63, 3.8) is 0 Å². The third-order valence-corrected chi connectivity index (χ3v) is 9.86. The lowest BCUT2D eigenvalue weighted by atomic mass is 10.1. The van der Waals surface area contributed by atoms with Crippen LogP contribution in [-0.2, 0) is 26.1 Å². The molecule has 33 heavy (non-hydrogen) atoms. The summed E-state index contributed by atoms with van der Waals surface area (Å²) in [5.41, 5.74) is 4.63. The van der Waals surface area contributed by atoms with Crippen molar-refractivity contribution in [2.24, 2.45) is 0 Å². The van der Waals surface area contributed by atoms with E-state index in [9.17, 15) is 0 Å². The lowest BCUT2D eigenvalue weighted by Crippen LogP contribution is -2.42. The Bertz CT molecular complexity index is 1190. The Kier molecular flexibility index (Phi) is 8.11. The Morgan fingerprint density at radius 2 is 1.42 bits per heavy atom. The van der Waals surface area contributed by atoms with Gasteiger partial charge in [-0.15, -0.1) is 11.8 Å². The van der Waals surface area contributed by atoms with Crippen LogP contribution in [0.1, 0.15) is 17.5 Å². The van der Waals surface area contributed by atoms with E-state index in [1.807, 2.05) is 36.3 Å². The molecular weight excluding hydrogens is 448 g/mol. The van der Waals surface area contributed by atoms with Crippen molar-refractivity contribution in [1.29, 1.82) is 0 Å². The summed E-state index contributed by atoms with van der Waals surface area (Å²) in [5.74, 6) is 1.01. The first kappa shape index (κ1) is 23.9. The van der Waals surface area contributed by atoms with E-state index >= 15 is 0 Å². The summed E-state index contributed by atoms with van der Waals surface area (Å²) in [6.07, 6.45) is 6.66. The van der Waals surface area contributed by atoms with Crippen LogP contribution in [0.15, 0.2) is 71.9 Å². The molecule has 2 aromatic carbocycles. The maximum atomic E-state index is 5.51. The van der Waals surface area contributed by atoms with Crippen LogP contribution in [0, 0.1) is 0 Å². The van der Waals surface area contributed by atoms with Gasteiger partial charge in [-0.25, -0.2) is 0 Å². The van der Waals surface area contributed by atoms with E-state index in [1.54, 1.807) is 21.3 Å². The summed E-state index contributed by atoms with van der Waals surface area (Å²) in [6.45, 7) is 0. The van der Waals surface area contributed by atoms with Crippen molar-refractivity contribution in [1.82, 2.24) is 9.97 Å². The highest BCUT2D eigenvalue weighted by molar-refractivity contribution is 7.99. The van der Waals surface area contributed by atoms with Crippen LogP contribution in [0.2, 0.25) is 6.04 Å². The van der Waals surface area contributed by atoms with Gasteiger partial charge in [-0.05, 0) is 48.6 Å². The van der Waals surface area contributed by atoms with Crippen molar-refractivity contribution in [2.75, 3.05) is 27.1 Å². The summed E-state index contributed by atoms with van der Waals surface area (Å²) < 4.78 is 16.5. The molecule has 0 radical (unpaired) electrons. The fraction of sp³-hybridized carbons (Fsp3) is 0.308. The number of benzene rings is 2. The van der Waals surface area contributed by atoms with Gasteiger partial charge in [0.1, 0.15) is 0 Å². The molecule has 0 N–H and O–H groups in total. The number of pyridine rings is 2. The molecule has 0 unspecified atom stereocenters. The van der Waals surface area contributed by atoms with Crippen molar-refractivity contribution in [3.8, 4) is 0 Å². The van der Waals surface area contributed by atoms with Crippen LogP contribution in [0.25, 0.3) is 21.8 Å². The largest absolute Gasteiger partial charge is 0.500 e. The average molecular weight is 479 g/mol. The van der Waals surface area contributed by atoms with E-state index in [0.29, 0.717) is 0 Å². The highest BCUT2D eigenvalue weighted by atomic mass is 32.2. The van der Waals surface area contributed by atoms with Gasteiger partial charge < -0.3 is 13.3 Å². The fourth-order valence-electron chi connectivity index (χ4n) is 4.08. The molecule has 4 aromatic rings. The number of aryl methyl sites for hydroxylation is 2. The molecule has 0 spiro atoms. The fourth-order valence-corrected chi connectivity index (χ4v) is 6.89. The number of aromatic nitrogens is 2. The van der Waals surface area contributed by atoms with Crippen LogP contribution in [0.4, 0.5) is 0 Å². The molecule has 0 bridgehead atoms. The topological polar surface area (TPSA) is 53.5 Å². The molecule has 0 saturated heterocycles. The van der Waals surface area contributed by atoms with Gasteiger partial charge in [0, 0.05) is 61.2 Å². The van der Waals surface area contributed by atoms with Gasteiger partial charge in [-0.1, -0.05) is 36.4 Å². The van der Waals surface area contributed by atoms with E-state index in [0.717, 1.165) is 47.5 Å². The predicted molar refractivity (Wildman–Crippen MR) is 138 cm³/mol. The number of thioether (sulfide) groups is 1. The number of hydrogen-bond acceptors (Lipinski definition) is 6. The van der Waals surface area contributed by atoms with Crippen LogP contribution < -0.4 is 0 Å². The van der Waals surface area contributed by atoms with E-state index in [4.69, 9.17) is 13.3 Å². The Hall–Kier alpha value is -2.29. The van der Waals surface area contributed by atoms with Gasteiger partial charge in [-0.3, -0.25) is 9.97 Å². The Morgan fingerprint density at radius 3 is 2.12 bits per heavy atom. The third-order valence-electron chi connectivity index (χ3n) is 5.98. The Balaban J connectivity index is 1.35. The highest BCUT2D eigenvalue weighted by Gasteiger charge is 2.36. The smallest absolute Gasteiger partial charge is 0.377 e. The van der Waals surface area contributed by atoms with Crippen LogP contribution in [0.3, 0.4) is 0 Å². The second-order valence-electron chi connectivity index (χ2n) is 7.91. The lowest BCUT2D eigenvalue weighted by Gasteiger charge is -2.24. The van der Waals surface area contributed by atoms with Crippen LogP contribution >= 0.6 is 11.8 Å². The standard InChI is InChI=1S/C26H30N2O3SSi/c1-29-33(30-2,31-3)18-6-7-20-10-12-21(13-11-20)14-17-32-24-19-22-8-4-15-27-25(22)26-23(24)9-5-16-28-26/h4-5,8-13,15-16,19H,6-7,14,17-18H2,1-3H3. The molecule has 7 heteroatoms. The summed E-state index contributed by atoms with van der Waals surface area (Å²) in [5, 5.41) is 2.31. The van der Waals surface area contributed by atoms with Crippen molar-refractivity contribution in [2.45, 2.75) is 30.2 Å². The van der Waals surface area contributed by atoms with Gasteiger partial charge in [0.05, 0.1) is 11.0 Å². The van der Waals surface area contributed by atoms with Crippen molar-refractivity contribution < 1.29 is 13.3 Å². The molecule has 2 aromatic heterocycles. The van der Waals surface area contributed by atoms with E-state index in [1.165, 1.54) is 21.4 Å². The first-order valence-corrected chi connectivity index (χ1v) is 14.1. The maximum Gasteiger partial charge on any atom is 0.500 e. The molecule has 0 fully saturated rings. The lowest BCUT2D eigenvalue weighted by molar-refractivity contribution is 0.123. The molecule has 5 nitrogen and oxygen atoms in total. The number of fused-ring (bicyclic) bond motifs is 3. The molecule has 0 aliphatic rings. The van der Waals surface area contributed by atoms with E-state index in [-0.39, 0.29) is 0 Å². The van der Waals surface area contributed by atoms with E-state index in [2.05, 4.69) is 52.4 Å². The van der Waals surface area contributed by atoms with Gasteiger partial charge in [-0.2, -0.15) is 0 Å². The van der Waals surface area contributed by atoms with Gasteiger partial charge in [0.2, 0.25) is 0 Å². The first-order chi connectivity index (χ1) is 16.2. The quantitative estimate of drug-likeness (QED) is 0.151. The first-order valence-electron chi connectivity index (χ1n) is 11.2. The SMILES string of the molecule is CO[Si](CCCc1ccc(CCSc2cc3cccnc3c3ncccc23)cc1)(OC)OC. The maximum absolute atomic E-state index is 5.51.